The fraction of sp³-hybridized carbons (Fsp3) is 0.545. The van der Waals surface area contributed by atoms with Gasteiger partial charge in [-0.05, 0) is 32.4 Å². The Bertz CT molecular complexity index is 821. The lowest BCUT2D eigenvalue weighted by atomic mass is 10.3. The zero-order valence-electron chi connectivity index (χ0n) is 19.6. The van der Waals surface area contributed by atoms with Gasteiger partial charge in [-0.15, -0.1) is 5.11 Å². The van der Waals surface area contributed by atoms with E-state index in [0.717, 1.165) is 12.1 Å². The Morgan fingerprint density at radius 1 is 0.844 bits per heavy atom. The summed E-state index contributed by atoms with van der Waals surface area (Å²) in [5, 5.41) is 18.9. The molecule has 0 amide bonds. The van der Waals surface area contributed by atoms with E-state index in [2.05, 4.69) is 36.1 Å². The van der Waals surface area contributed by atoms with E-state index < -0.39 is 0 Å². The molecule has 0 saturated carbocycles. The molecule has 0 saturated heterocycles. The summed E-state index contributed by atoms with van der Waals surface area (Å²) in [7, 11) is 5.01. The number of hydrogen-bond donors (Lipinski definition) is 3. The number of hydrogen-bond acceptors (Lipinski definition) is 10. The van der Waals surface area contributed by atoms with Crippen LogP contribution in [0.25, 0.3) is 0 Å². The van der Waals surface area contributed by atoms with E-state index in [4.69, 9.17) is 14.2 Å². The van der Waals surface area contributed by atoms with Crippen molar-refractivity contribution < 1.29 is 14.2 Å². The molecule has 2 unspecified atom stereocenters. The van der Waals surface area contributed by atoms with E-state index in [-0.39, 0.29) is 12.1 Å². The van der Waals surface area contributed by atoms with Gasteiger partial charge in [0.05, 0.1) is 18.9 Å². The Morgan fingerprint density at radius 3 is 2.16 bits per heavy atom. The molecule has 1 heterocycles. The van der Waals surface area contributed by atoms with Crippen molar-refractivity contribution in [1.82, 2.24) is 9.97 Å². The summed E-state index contributed by atoms with van der Waals surface area (Å²) in [6.45, 7) is 6.36. The first-order chi connectivity index (χ1) is 15.6. The minimum absolute atomic E-state index is 0.00571. The third-order valence-electron chi connectivity index (χ3n) is 4.32. The quantitative estimate of drug-likeness (QED) is 0.276. The number of aromatic nitrogens is 2. The Kier molecular flexibility index (Phi) is 11.4. The molecule has 1 aromatic carbocycles. The van der Waals surface area contributed by atoms with E-state index in [1.165, 1.54) is 0 Å². The fourth-order valence-electron chi connectivity index (χ4n) is 2.90. The lowest BCUT2D eigenvalue weighted by Gasteiger charge is -2.19. The summed E-state index contributed by atoms with van der Waals surface area (Å²) >= 11 is 0. The SMILES string of the molecule is COCCCNc1nc(NC(C)COC)nc(NC(C)COC)c1N=Nc1ccccc1. The molecule has 1 aromatic heterocycles. The van der Waals surface area contributed by atoms with Gasteiger partial charge in [-0.2, -0.15) is 15.1 Å². The number of nitrogens with one attached hydrogen (secondary N) is 3. The van der Waals surface area contributed by atoms with Crippen molar-refractivity contribution in [3.63, 3.8) is 0 Å². The molecule has 0 radical (unpaired) electrons. The molecule has 0 aliphatic heterocycles. The third-order valence-corrected chi connectivity index (χ3v) is 4.32. The van der Waals surface area contributed by atoms with E-state index in [1.54, 1.807) is 21.3 Å². The highest BCUT2D eigenvalue weighted by Gasteiger charge is 2.18. The minimum Gasteiger partial charge on any atom is -0.385 e. The molecule has 0 fully saturated rings. The van der Waals surface area contributed by atoms with Crippen molar-refractivity contribution in [2.45, 2.75) is 32.4 Å². The molecule has 3 N–H and O–H groups in total. The van der Waals surface area contributed by atoms with Gasteiger partial charge in [-0.1, -0.05) is 18.2 Å². The van der Waals surface area contributed by atoms with Gasteiger partial charge in [0.1, 0.15) is 0 Å². The highest BCUT2D eigenvalue weighted by Crippen LogP contribution is 2.34. The number of ether oxygens (including phenoxy) is 3. The first-order valence-electron chi connectivity index (χ1n) is 10.7. The third kappa shape index (κ3) is 8.74. The van der Waals surface area contributed by atoms with Gasteiger partial charge in [0.2, 0.25) is 5.95 Å². The molecular weight excluding hydrogens is 410 g/mol. The van der Waals surface area contributed by atoms with Gasteiger partial charge in [0.25, 0.3) is 0 Å². The smallest absolute Gasteiger partial charge is 0.227 e. The normalized spacial score (nSPS) is 13.2. The molecule has 0 spiro atoms. The minimum atomic E-state index is 0.00571. The summed E-state index contributed by atoms with van der Waals surface area (Å²) in [5.74, 6) is 1.61. The van der Waals surface area contributed by atoms with Crippen LogP contribution >= 0.6 is 0 Å². The number of nitrogens with zero attached hydrogens (tertiary/aromatic N) is 4. The topological polar surface area (TPSA) is 114 Å². The molecule has 10 nitrogen and oxygen atoms in total. The van der Waals surface area contributed by atoms with Crippen LogP contribution in [-0.2, 0) is 14.2 Å². The zero-order chi connectivity index (χ0) is 23.2. The fourth-order valence-corrected chi connectivity index (χ4v) is 2.90. The average Bonchev–Trinajstić information content (AvgIpc) is 2.77. The van der Waals surface area contributed by atoms with Crippen LogP contribution in [0.15, 0.2) is 40.6 Å². The number of benzene rings is 1. The van der Waals surface area contributed by atoms with Crippen molar-refractivity contribution in [1.29, 1.82) is 0 Å². The Labute approximate surface area is 190 Å². The van der Waals surface area contributed by atoms with Crippen LogP contribution in [0.3, 0.4) is 0 Å². The van der Waals surface area contributed by atoms with Crippen molar-refractivity contribution in [3.8, 4) is 0 Å². The predicted octanol–water partition coefficient (Wildman–Crippen LogP) is 4.23. The van der Waals surface area contributed by atoms with Gasteiger partial charge < -0.3 is 30.2 Å². The number of anilines is 3. The largest absolute Gasteiger partial charge is 0.385 e. The average molecular weight is 446 g/mol. The Balaban J connectivity index is 2.43. The van der Waals surface area contributed by atoms with E-state index in [0.29, 0.717) is 49.6 Å². The summed E-state index contributed by atoms with van der Waals surface area (Å²) in [6.07, 6.45) is 0.821. The molecule has 10 heteroatoms. The molecule has 0 bridgehead atoms. The maximum atomic E-state index is 5.27. The molecule has 2 aromatic rings. The van der Waals surface area contributed by atoms with Crippen LogP contribution in [0.1, 0.15) is 20.3 Å². The van der Waals surface area contributed by atoms with Crippen LogP contribution in [0, 0.1) is 0 Å². The van der Waals surface area contributed by atoms with E-state index in [9.17, 15) is 0 Å². The lowest BCUT2D eigenvalue weighted by Crippen LogP contribution is -2.25. The highest BCUT2D eigenvalue weighted by molar-refractivity contribution is 5.75. The highest BCUT2D eigenvalue weighted by atomic mass is 16.5. The Hall–Kier alpha value is -2.82. The van der Waals surface area contributed by atoms with Gasteiger partial charge in [-0.3, -0.25) is 0 Å². The predicted molar refractivity (Wildman–Crippen MR) is 128 cm³/mol. The van der Waals surface area contributed by atoms with Crippen molar-refractivity contribution >= 4 is 29.0 Å². The second kappa shape index (κ2) is 14.3. The first-order valence-corrected chi connectivity index (χ1v) is 10.7. The Morgan fingerprint density at radius 2 is 1.50 bits per heavy atom. The molecule has 32 heavy (non-hydrogen) atoms. The maximum absolute atomic E-state index is 5.27. The monoisotopic (exact) mass is 445 g/mol. The zero-order valence-corrected chi connectivity index (χ0v) is 19.6. The van der Waals surface area contributed by atoms with Crippen molar-refractivity contribution in [3.05, 3.63) is 30.3 Å². The molecular formula is C22H35N7O3. The van der Waals surface area contributed by atoms with E-state index >= 15 is 0 Å². The summed E-state index contributed by atoms with van der Waals surface area (Å²) < 4.78 is 15.6. The van der Waals surface area contributed by atoms with Crippen LogP contribution < -0.4 is 16.0 Å². The lowest BCUT2D eigenvalue weighted by molar-refractivity contribution is 0.190. The summed E-state index contributed by atoms with van der Waals surface area (Å²) in [5.41, 5.74) is 1.27. The second-order valence-corrected chi connectivity index (χ2v) is 7.40. The number of azo groups is 1. The maximum Gasteiger partial charge on any atom is 0.227 e. The van der Waals surface area contributed by atoms with Crippen LogP contribution in [-0.4, -0.2) is 69.7 Å². The summed E-state index contributed by atoms with van der Waals surface area (Å²) in [4.78, 5) is 9.34. The van der Waals surface area contributed by atoms with Crippen LogP contribution in [0.4, 0.5) is 29.0 Å². The molecule has 176 valence electrons. The summed E-state index contributed by atoms with van der Waals surface area (Å²) in [6, 6.07) is 9.58. The van der Waals surface area contributed by atoms with Crippen molar-refractivity contribution in [2.24, 2.45) is 10.2 Å². The number of rotatable bonds is 15. The van der Waals surface area contributed by atoms with Crippen molar-refractivity contribution in [2.75, 3.05) is 63.6 Å². The van der Waals surface area contributed by atoms with E-state index in [1.807, 2.05) is 44.2 Å². The molecule has 2 atom stereocenters. The first kappa shape index (κ1) is 25.4. The molecule has 0 aliphatic carbocycles. The molecule has 2 rings (SSSR count). The van der Waals surface area contributed by atoms with Gasteiger partial charge in [0.15, 0.2) is 17.3 Å². The van der Waals surface area contributed by atoms with Crippen LogP contribution in [0.2, 0.25) is 0 Å². The molecule has 0 aliphatic rings. The van der Waals surface area contributed by atoms with Gasteiger partial charge >= 0.3 is 0 Å². The number of methoxy groups -OCH3 is 3. The van der Waals surface area contributed by atoms with Gasteiger partial charge in [-0.25, -0.2) is 0 Å². The second-order valence-electron chi connectivity index (χ2n) is 7.40. The van der Waals surface area contributed by atoms with Gasteiger partial charge in [0, 0.05) is 46.6 Å². The van der Waals surface area contributed by atoms with Crippen LogP contribution in [0.5, 0.6) is 0 Å². The standard InChI is InChI=1S/C22H35N7O3/c1-16(14-31-4)24-21-19(29-28-18-10-7-6-8-11-18)20(23-12-9-13-30-3)26-22(27-21)25-17(2)15-32-5/h6-8,10-11,16-17H,9,12-15H2,1-5H3,(H3,23,24,25,26,27).